The molecule has 5 heteroatoms. The summed E-state index contributed by atoms with van der Waals surface area (Å²) in [6.07, 6.45) is 3.43. The smallest absolute Gasteiger partial charge is 0.209 e. The Morgan fingerprint density at radius 1 is 1.35 bits per heavy atom. The van der Waals surface area contributed by atoms with E-state index in [1.165, 1.54) is 35.6 Å². The van der Waals surface area contributed by atoms with Crippen LogP contribution in [0.1, 0.15) is 36.6 Å². The molecule has 0 unspecified atom stereocenters. The molecule has 0 amide bonds. The SMILES string of the molecule is Cc1ccccc1N(CCCN)c1nc(C2CC2)ns1. The molecule has 1 aromatic heterocycles. The number of aromatic nitrogens is 2. The van der Waals surface area contributed by atoms with E-state index in [4.69, 9.17) is 10.7 Å². The van der Waals surface area contributed by atoms with Crippen molar-refractivity contribution in [1.82, 2.24) is 9.36 Å². The van der Waals surface area contributed by atoms with Crippen LogP contribution in [0.15, 0.2) is 24.3 Å². The molecule has 1 aliphatic carbocycles. The molecule has 0 atom stereocenters. The minimum atomic E-state index is 0.605. The van der Waals surface area contributed by atoms with Crippen molar-refractivity contribution in [2.45, 2.75) is 32.1 Å². The predicted molar refractivity (Wildman–Crippen MR) is 83.7 cm³/mol. The Kier molecular flexibility index (Phi) is 3.98. The lowest BCUT2D eigenvalue weighted by Gasteiger charge is -2.23. The molecule has 1 aromatic carbocycles. The van der Waals surface area contributed by atoms with Crippen LogP contribution in [0.3, 0.4) is 0 Å². The Balaban J connectivity index is 1.90. The second-order valence-corrected chi connectivity index (χ2v) is 6.02. The molecule has 106 valence electrons. The van der Waals surface area contributed by atoms with Gasteiger partial charge in [-0.3, -0.25) is 0 Å². The monoisotopic (exact) mass is 288 g/mol. The number of hydrogen-bond donors (Lipinski definition) is 1. The van der Waals surface area contributed by atoms with Crippen LogP contribution in [-0.4, -0.2) is 22.4 Å². The van der Waals surface area contributed by atoms with E-state index < -0.39 is 0 Å². The first-order valence-corrected chi connectivity index (χ1v) is 7.94. The average Bonchev–Trinajstić information content (AvgIpc) is 3.20. The first-order chi connectivity index (χ1) is 9.79. The van der Waals surface area contributed by atoms with Gasteiger partial charge in [0.25, 0.3) is 0 Å². The van der Waals surface area contributed by atoms with Crippen LogP contribution in [0.5, 0.6) is 0 Å². The molecule has 4 nitrogen and oxygen atoms in total. The fourth-order valence-electron chi connectivity index (χ4n) is 2.28. The summed E-state index contributed by atoms with van der Waals surface area (Å²) in [4.78, 5) is 6.99. The molecular weight excluding hydrogens is 268 g/mol. The first kappa shape index (κ1) is 13.5. The van der Waals surface area contributed by atoms with Crippen molar-refractivity contribution in [3.63, 3.8) is 0 Å². The molecule has 0 spiro atoms. The van der Waals surface area contributed by atoms with Gasteiger partial charge < -0.3 is 10.6 Å². The van der Waals surface area contributed by atoms with Gasteiger partial charge in [0, 0.05) is 29.7 Å². The van der Waals surface area contributed by atoms with Crippen molar-refractivity contribution in [2.24, 2.45) is 5.73 Å². The van der Waals surface area contributed by atoms with E-state index in [-0.39, 0.29) is 0 Å². The van der Waals surface area contributed by atoms with Crippen molar-refractivity contribution < 1.29 is 0 Å². The number of benzene rings is 1. The van der Waals surface area contributed by atoms with Crippen LogP contribution < -0.4 is 10.6 Å². The van der Waals surface area contributed by atoms with E-state index in [0.717, 1.165) is 23.9 Å². The number of para-hydroxylation sites is 1. The van der Waals surface area contributed by atoms with E-state index in [0.29, 0.717) is 12.5 Å². The Morgan fingerprint density at radius 3 is 2.85 bits per heavy atom. The van der Waals surface area contributed by atoms with Gasteiger partial charge in [0.05, 0.1) is 0 Å². The van der Waals surface area contributed by atoms with Crippen molar-refractivity contribution in [2.75, 3.05) is 18.0 Å². The largest absolute Gasteiger partial charge is 0.330 e. The molecule has 2 aromatic rings. The van der Waals surface area contributed by atoms with Gasteiger partial charge in [-0.05, 0) is 44.4 Å². The van der Waals surface area contributed by atoms with Crippen molar-refractivity contribution >= 4 is 22.4 Å². The number of anilines is 2. The number of aryl methyl sites for hydroxylation is 1. The lowest BCUT2D eigenvalue weighted by atomic mass is 10.2. The summed E-state index contributed by atoms with van der Waals surface area (Å²) in [7, 11) is 0. The van der Waals surface area contributed by atoms with Crippen LogP contribution in [0.4, 0.5) is 10.8 Å². The van der Waals surface area contributed by atoms with Gasteiger partial charge in [-0.15, -0.1) is 0 Å². The van der Waals surface area contributed by atoms with Gasteiger partial charge >= 0.3 is 0 Å². The zero-order valence-electron chi connectivity index (χ0n) is 11.7. The second kappa shape index (κ2) is 5.89. The number of nitrogens with zero attached hydrogens (tertiary/aromatic N) is 3. The molecule has 0 saturated heterocycles. The van der Waals surface area contributed by atoms with E-state index in [9.17, 15) is 0 Å². The zero-order valence-corrected chi connectivity index (χ0v) is 12.6. The van der Waals surface area contributed by atoms with Crippen molar-refractivity contribution in [3.05, 3.63) is 35.7 Å². The Hall–Kier alpha value is -1.46. The highest BCUT2D eigenvalue weighted by Crippen LogP contribution is 2.40. The maximum Gasteiger partial charge on any atom is 0.209 e. The fourth-order valence-corrected chi connectivity index (χ4v) is 3.07. The Morgan fingerprint density at radius 2 is 2.15 bits per heavy atom. The maximum atomic E-state index is 5.68. The summed E-state index contributed by atoms with van der Waals surface area (Å²) >= 11 is 1.50. The molecule has 3 rings (SSSR count). The minimum Gasteiger partial charge on any atom is -0.330 e. The van der Waals surface area contributed by atoms with Crippen LogP contribution in [0, 0.1) is 6.92 Å². The lowest BCUT2D eigenvalue weighted by molar-refractivity contribution is 0.811. The quantitative estimate of drug-likeness (QED) is 0.886. The zero-order chi connectivity index (χ0) is 13.9. The molecule has 1 saturated carbocycles. The molecule has 0 bridgehead atoms. The van der Waals surface area contributed by atoms with Crippen LogP contribution in [0.25, 0.3) is 0 Å². The predicted octanol–water partition coefficient (Wildman–Crippen LogP) is 3.21. The lowest BCUT2D eigenvalue weighted by Crippen LogP contribution is -2.21. The number of nitrogens with two attached hydrogens (primary N) is 1. The normalized spacial score (nSPS) is 14.5. The fraction of sp³-hybridized carbons (Fsp3) is 0.467. The highest BCUT2D eigenvalue weighted by atomic mass is 32.1. The van der Waals surface area contributed by atoms with Crippen molar-refractivity contribution in [1.29, 1.82) is 0 Å². The highest BCUT2D eigenvalue weighted by Gasteiger charge is 2.28. The third kappa shape index (κ3) is 2.83. The van der Waals surface area contributed by atoms with Gasteiger partial charge in [0.2, 0.25) is 5.13 Å². The average molecular weight is 288 g/mol. The van der Waals surface area contributed by atoms with Crippen LogP contribution >= 0.6 is 11.5 Å². The third-order valence-corrected chi connectivity index (χ3v) is 4.35. The minimum absolute atomic E-state index is 0.605. The van der Waals surface area contributed by atoms with E-state index in [1.807, 2.05) is 0 Å². The Bertz CT molecular complexity index is 577. The molecule has 2 N–H and O–H groups in total. The standard InChI is InChI=1S/C15H20N4S/c1-11-5-2-3-6-13(11)19(10-4-9-16)15-17-14(18-20-15)12-7-8-12/h2-3,5-6,12H,4,7-10,16H2,1H3. The first-order valence-electron chi connectivity index (χ1n) is 7.16. The van der Waals surface area contributed by atoms with Crippen molar-refractivity contribution in [3.8, 4) is 0 Å². The molecular formula is C15H20N4S. The summed E-state index contributed by atoms with van der Waals surface area (Å²) in [5.41, 5.74) is 8.14. The summed E-state index contributed by atoms with van der Waals surface area (Å²) in [5, 5.41) is 0.995. The highest BCUT2D eigenvalue weighted by molar-refractivity contribution is 7.09. The van der Waals surface area contributed by atoms with E-state index in [1.54, 1.807) is 0 Å². The summed E-state index contributed by atoms with van der Waals surface area (Å²) < 4.78 is 4.52. The second-order valence-electron chi connectivity index (χ2n) is 5.29. The molecule has 20 heavy (non-hydrogen) atoms. The summed E-state index contributed by atoms with van der Waals surface area (Å²) in [6, 6.07) is 8.41. The van der Waals surface area contributed by atoms with Gasteiger partial charge in [-0.2, -0.15) is 4.37 Å². The van der Waals surface area contributed by atoms with E-state index in [2.05, 4.69) is 40.5 Å². The van der Waals surface area contributed by atoms with Gasteiger partial charge in [-0.1, -0.05) is 18.2 Å². The van der Waals surface area contributed by atoms with Gasteiger partial charge in [0.1, 0.15) is 5.82 Å². The molecule has 1 aliphatic rings. The maximum absolute atomic E-state index is 5.68. The van der Waals surface area contributed by atoms with Gasteiger partial charge in [0.15, 0.2) is 0 Å². The van der Waals surface area contributed by atoms with Gasteiger partial charge in [-0.25, -0.2) is 4.98 Å². The number of rotatable bonds is 6. The van der Waals surface area contributed by atoms with Crippen LogP contribution in [0.2, 0.25) is 0 Å². The summed E-state index contributed by atoms with van der Waals surface area (Å²) in [5.74, 6) is 1.63. The van der Waals surface area contributed by atoms with Crippen LogP contribution in [-0.2, 0) is 0 Å². The molecule has 0 aliphatic heterocycles. The Labute approximate surface area is 123 Å². The number of hydrogen-bond acceptors (Lipinski definition) is 5. The molecule has 1 heterocycles. The molecule has 0 radical (unpaired) electrons. The third-order valence-electron chi connectivity index (χ3n) is 3.60. The molecule has 1 fully saturated rings. The van der Waals surface area contributed by atoms with E-state index >= 15 is 0 Å². The topological polar surface area (TPSA) is 55.0 Å². The summed E-state index contributed by atoms with van der Waals surface area (Å²) in [6.45, 7) is 3.71.